The second-order valence-corrected chi connectivity index (χ2v) is 7.90. The van der Waals surface area contributed by atoms with Gasteiger partial charge < -0.3 is 15.5 Å². The highest BCUT2D eigenvalue weighted by molar-refractivity contribution is 14.0. The van der Waals surface area contributed by atoms with E-state index in [2.05, 4.69) is 29.4 Å². The standard InChI is InChI=1S/C18H34N4.HI/c1-3-19-17(20-14-18(2)10-4-5-11-18)21-15-8-12-22(13-9-15)16-6-7-16;/h15-16H,3-14H2,1-2H3,(H2,19,20,21);1H. The first kappa shape index (κ1) is 19.3. The lowest BCUT2D eigenvalue weighted by molar-refractivity contribution is 0.197. The molecule has 2 N–H and O–H groups in total. The zero-order chi connectivity index (χ0) is 15.4. The molecule has 3 fully saturated rings. The molecule has 0 aromatic carbocycles. The Kier molecular flexibility index (Phi) is 7.45. The van der Waals surface area contributed by atoms with Crippen LogP contribution in [0.5, 0.6) is 0 Å². The Morgan fingerprint density at radius 1 is 1.13 bits per heavy atom. The average Bonchev–Trinajstić information content (AvgIpc) is 3.28. The third-order valence-electron chi connectivity index (χ3n) is 5.71. The zero-order valence-corrected chi connectivity index (χ0v) is 17.3. The molecule has 1 aliphatic heterocycles. The van der Waals surface area contributed by atoms with Gasteiger partial charge in [0.05, 0.1) is 0 Å². The van der Waals surface area contributed by atoms with Crippen molar-refractivity contribution in [3.8, 4) is 0 Å². The second kappa shape index (κ2) is 8.88. The molecule has 5 heteroatoms. The molecule has 2 aliphatic carbocycles. The molecule has 2 saturated carbocycles. The first-order valence-corrected chi connectivity index (χ1v) is 9.47. The van der Waals surface area contributed by atoms with Crippen molar-refractivity contribution in [1.82, 2.24) is 15.5 Å². The van der Waals surface area contributed by atoms with Crippen molar-refractivity contribution in [3.63, 3.8) is 0 Å². The Morgan fingerprint density at radius 3 is 2.35 bits per heavy atom. The van der Waals surface area contributed by atoms with E-state index in [1.807, 2.05) is 0 Å². The second-order valence-electron chi connectivity index (χ2n) is 7.90. The minimum Gasteiger partial charge on any atom is -0.357 e. The average molecular weight is 434 g/mol. The molecule has 0 bridgehead atoms. The topological polar surface area (TPSA) is 39.7 Å². The van der Waals surface area contributed by atoms with Gasteiger partial charge in [-0.3, -0.25) is 4.99 Å². The molecule has 4 nitrogen and oxygen atoms in total. The van der Waals surface area contributed by atoms with Crippen LogP contribution in [0, 0.1) is 5.41 Å². The van der Waals surface area contributed by atoms with E-state index in [1.165, 1.54) is 64.5 Å². The van der Waals surface area contributed by atoms with Gasteiger partial charge in [0.15, 0.2) is 5.96 Å². The van der Waals surface area contributed by atoms with E-state index < -0.39 is 0 Å². The Balaban J connectivity index is 0.00000192. The molecule has 0 atom stereocenters. The Labute approximate surface area is 159 Å². The molecule has 0 amide bonds. The molecule has 0 aromatic heterocycles. The van der Waals surface area contributed by atoms with Gasteiger partial charge in [0, 0.05) is 38.3 Å². The van der Waals surface area contributed by atoms with Gasteiger partial charge in [-0.2, -0.15) is 0 Å². The minimum absolute atomic E-state index is 0. The van der Waals surface area contributed by atoms with Crippen LogP contribution in [0.15, 0.2) is 4.99 Å². The van der Waals surface area contributed by atoms with E-state index >= 15 is 0 Å². The van der Waals surface area contributed by atoms with Gasteiger partial charge in [0.1, 0.15) is 0 Å². The van der Waals surface area contributed by atoms with Crippen molar-refractivity contribution in [2.45, 2.75) is 77.3 Å². The molecule has 3 aliphatic rings. The number of nitrogens with zero attached hydrogens (tertiary/aromatic N) is 2. The van der Waals surface area contributed by atoms with Crippen LogP contribution in [0.2, 0.25) is 0 Å². The van der Waals surface area contributed by atoms with Gasteiger partial charge in [-0.1, -0.05) is 19.8 Å². The van der Waals surface area contributed by atoms with Crippen molar-refractivity contribution in [1.29, 1.82) is 0 Å². The highest BCUT2D eigenvalue weighted by Crippen LogP contribution is 2.37. The Hall–Kier alpha value is -0.0400. The quantitative estimate of drug-likeness (QED) is 0.396. The third-order valence-corrected chi connectivity index (χ3v) is 5.71. The highest BCUT2D eigenvalue weighted by atomic mass is 127. The summed E-state index contributed by atoms with van der Waals surface area (Å²) in [4.78, 5) is 7.59. The molecular formula is C18H35IN4. The first-order chi connectivity index (χ1) is 10.7. The molecule has 0 unspecified atom stereocenters. The van der Waals surface area contributed by atoms with Gasteiger partial charge in [-0.25, -0.2) is 0 Å². The van der Waals surface area contributed by atoms with Crippen LogP contribution in [0.25, 0.3) is 0 Å². The zero-order valence-electron chi connectivity index (χ0n) is 14.9. The van der Waals surface area contributed by atoms with Crippen LogP contribution in [0.4, 0.5) is 0 Å². The summed E-state index contributed by atoms with van der Waals surface area (Å²) in [5, 5.41) is 7.13. The lowest BCUT2D eigenvalue weighted by Gasteiger charge is -2.33. The molecule has 0 radical (unpaired) electrons. The smallest absolute Gasteiger partial charge is 0.191 e. The van der Waals surface area contributed by atoms with Crippen LogP contribution in [-0.4, -0.2) is 49.1 Å². The fraction of sp³-hybridized carbons (Fsp3) is 0.944. The summed E-state index contributed by atoms with van der Waals surface area (Å²) >= 11 is 0. The summed E-state index contributed by atoms with van der Waals surface area (Å²) in [5.74, 6) is 1.04. The van der Waals surface area contributed by atoms with E-state index in [9.17, 15) is 0 Å². The molecule has 0 spiro atoms. The van der Waals surface area contributed by atoms with Gasteiger partial charge in [0.25, 0.3) is 0 Å². The number of nitrogens with one attached hydrogen (secondary N) is 2. The molecular weight excluding hydrogens is 399 g/mol. The van der Waals surface area contributed by atoms with Crippen molar-refractivity contribution >= 4 is 29.9 Å². The van der Waals surface area contributed by atoms with Crippen LogP contribution >= 0.6 is 24.0 Å². The predicted molar refractivity (Wildman–Crippen MR) is 109 cm³/mol. The van der Waals surface area contributed by atoms with Gasteiger partial charge in [-0.05, 0) is 50.9 Å². The summed E-state index contributed by atoms with van der Waals surface area (Å²) in [6.07, 6.45) is 10.8. The lowest BCUT2D eigenvalue weighted by atomic mass is 9.89. The van der Waals surface area contributed by atoms with Crippen molar-refractivity contribution in [3.05, 3.63) is 0 Å². The molecule has 23 heavy (non-hydrogen) atoms. The largest absolute Gasteiger partial charge is 0.357 e. The van der Waals surface area contributed by atoms with Crippen LogP contribution in [-0.2, 0) is 0 Å². The van der Waals surface area contributed by atoms with Crippen molar-refractivity contribution < 1.29 is 0 Å². The Morgan fingerprint density at radius 2 is 1.78 bits per heavy atom. The molecule has 0 aromatic rings. The van der Waals surface area contributed by atoms with E-state index in [1.54, 1.807) is 0 Å². The summed E-state index contributed by atoms with van der Waals surface area (Å²) in [7, 11) is 0. The first-order valence-electron chi connectivity index (χ1n) is 9.47. The molecule has 1 saturated heterocycles. The summed E-state index contributed by atoms with van der Waals surface area (Å²) in [6.45, 7) is 9.01. The van der Waals surface area contributed by atoms with E-state index in [0.717, 1.165) is 25.1 Å². The number of guanidine groups is 1. The van der Waals surface area contributed by atoms with E-state index in [4.69, 9.17) is 4.99 Å². The third kappa shape index (κ3) is 5.76. The number of aliphatic imine (C=N–C) groups is 1. The maximum atomic E-state index is 4.91. The van der Waals surface area contributed by atoms with E-state index in [0.29, 0.717) is 11.5 Å². The van der Waals surface area contributed by atoms with Crippen LogP contribution < -0.4 is 10.6 Å². The van der Waals surface area contributed by atoms with Crippen LogP contribution in [0.3, 0.4) is 0 Å². The maximum absolute atomic E-state index is 4.91. The number of halogens is 1. The predicted octanol–water partition coefficient (Wildman–Crippen LogP) is 3.37. The number of hydrogen-bond acceptors (Lipinski definition) is 2. The van der Waals surface area contributed by atoms with Crippen molar-refractivity contribution in [2.24, 2.45) is 10.4 Å². The van der Waals surface area contributed by atoms with Crippen molar-refractivity contribution in [2.75, 3.05) is 26.2 Å². The molecule has 134 valence electrons. The minimum atomic E-state index is 0. The lowest BCUT2D eigenvalue weighted by Crippen LogP contribution is -2.49. The molecule has 1 heterocycles. The summed E-state index contributed by atoms with van der Waals surface area (Å²) < 4.78 is 0. The molecule has 3 rings (SSSR count). The van der Waals surface area contributed by atoms with Gasteiger partial charge in [0.2, 0.25) is 0 Å². The highest BCUT2D eigenvalue weighted by Gasteiger charge is 2.32. The summed E-state index contributed by atoms with van der Waals surface area (Å²) in [5.41, 5.74) is 0.442. The number of piperidine rings is 1. The number of likely N-dealkylation sites (tertiary alicyclic amines) is 1. The normalized spacial score (nSPS) is 25.9. The van der Waals surface area contributed by atoms with Gasteiger partial charge in [-0.15, -0.1) is 24.0 Å². The Bertz CT molecular complexity index is 380. The van der Waals surface area contributed by atoms with Gasteiger partial charge >= 0.3 is 0 Å². The number of hydrogen-bond donors (Lipinski definition) is 2. The van der Waals surface area contributed by atoms with E-state index in [-0.39, 0.29) is 24.0 Å². The fourth-order valence-electron chi connectivity index (χ4n) is 4.02. The number of rotatable bonds is 5. The van der Waals surface area contributed by atoms with Crippen LogP contribution in [0.1, 0.15) is 65.2 Å². The maximum Gasteiger partial charge on any atom is 0.191 e. The fourth-order valence-corrected chi connectivity index (χ4v) is 4.02. The SMILES string of the molecule is CCNC(=NCC1(C)CCCC1)NC1CCN(C2CC2)CC1.I. The monoisotopic (exact) mass is 434 g/mol. The summed E-state index contributed by atoms with van der Waals surface area (Å²) in [6, 6.07) is 1.52.